The molecule has 0 saturated carbocycles. The van der Waals surface area contributed by atoms with E-state index in [2.05, 4.69) is 0 Å². The maximum absolute atomic E-state index is 13.8. The second kappa shape index (κ2) is 7.06. The molecule has 0 fully saturated rings. The topological polar surface area (TPSA) is 48.0 Å². The van der Waals surface area contributed by atoms with E-state index in [1.165, 1.54) is 4.90 Å². The third-order valence-electron chi connectivity index (χ3n) is 4.88. The van der Waals surface area contributed by atoms with E-state index in [1.807, 2.05) is 0 Å². The first-order valence-corrected chi connectivity index (χ1v) is 8.92. The lowest BCUT2D eigenvalue weighted by Gasteiger charge is -2.16. The number of nitriles is 1. The quantitative estimate of drug-likeness (QED) is 0.612. The molecule has 2 aromatic carbocycles. The van der Waals surface area contributed by atoms with Crippen molar-refractivity contribution < 1.29 is 22.5 Å². The van der Waals surface area contributed by atoms with Gasteiger partial charge in [0.1, 0.15) is 24.9 Å². The minimum absolute atomic E-state index is 0.0185. The molecule has 4 rings (SSSR count). The summed E-state index contributed by atoms with van der Waals surface area (Å²) in [4.78, 5) is 14.3. The fourth-order valence-corrected chi connectivity index (χ4v) is 3.59. The van der Waals surface area contributed by atoms with Crippen LogP contribution >= 0.6 is 0 Å². The summed E-state index contributed by atoms with van der Waals surface area (Å²) < 4.78 is 43.0. The molecule has 0 N–H and O–H groups in total. The SMILES string of the molecule is N#Cc1c(C(F)(F)F)cc(-c2ccccc2)[n+]2c1N(C(=O)c1ccccc1)CC2. The van der Waals surface area contributed by atoms with Crippen LogP contribution in [0.4, 0.5) is 19.0 Å². The summed E-state index contributed by atoms with van der Waals surface area (Å²) in [7, 11) is 0. The van der Waals surface area contributed by atoms with Crippen LogP contribution in [0.3, 0.4) is 0 Å². The molecule has 0 spiro atoms. The van der Waals surface area contributed by atoms with Crippen LogP contribution in [0, 0.1) is 11.3 Å². The van der Waals surface area contributed by atoms with E-state index in [0.29, 0.717) is 23.4 Å². The van der Waals surface area contributed by atoms with Crippen molar-refractivity contribution in [3.63, 3.8) is 0 Å². The summed E-state index contributed by atoms with van der Waals surface area (Å²) in [5.41, 5.74) is -0.339. The molecule has 0 radical (unpaired) electrons. The van der Waals surface area contributed by atoms with Crippen LogP contribution < -0.4 is 9.47 Å². The summed E-state index contributed by atoms with van der Waals surface area (Å²) in [5.74, 6) is -0.457. The molecule has 29 heavy (non-hydrogen) atoms. The number of amides is 1. The Kier molecular flexibility index (Phi) is 4.55. The Morgan fingerprint density at radius 1 is 1.03 bits per heavy atom. The van der Waals surface area contributed by atoms with Gasteiger partial charge in [-0.2, -0.15) is 23.3 Å². The van der Waals surface area contributed by atoms with Gasteiger partial charge in [-0.15, -0.1) is 0 Å². The Morgan fingerprint density at radius 2 is 1.66 bits per heavy atom. The molecule has 144 valence electrons. The number of hydrogen-bond acceptors (Lipinski definition) is 2. The van der Waals surface area contributed by atoms with Crippen molar-refractivity contribution in [1.29, 1.82) is 5.26 Å². The minimum Gasteiger partial charge on any atom is -0.241 e. The lowest BCUT2D eigenvalue weighted by atomic mass is 10.0. The van der Waals surface area contributed by atoms with Gasteiger partial charge in [-0.25, -0.2) is 9.36 Å². The highest BCUT2D eigenvalue weighted by atomic mass is 19.4. The highest BCUT2D eigenvalue weighted by Crippen LogP contribution is 2.38. The molecule has 0 unspecified atom stereocenters. The van der Waals surface area contributed by atoms with Gasteiger partial charge in [-0.1, -0.05) is 48.5 Å². The van der Waals surface area contributed by atoms with Gasteiger partial charge in [0, 0.05) is 5.56 Å². The summed E-state index contributed by atoms with van der Waals surface area (Å²) in [6, 6.07) is 19.6. The Hall–Kier alpha value is -3.66. The molecule has 1 aromatic heterocycles. The Labute approximate surface area is 165 Å². The summed E-state index contributed by atoms with van der Waals surface area (Å²) in [6.45, 7) is 0.481. The highest BCUT2D eigenvalue weighted by Gasteiger charge is 2.45. The zero-order chi connectivity index (χ0) is 20.6. The molecule has 0 bridgehead atoms. The Balaban J connectivity index is 1.97. The van der Waals surface area contributed by atoms with Crippen molar-refractivity contribution in [1.82, 2.24) is 0 Å². The predicted molar refractivity (Wildman–Crippen MR) is 99.9 cm³/mol. The molecule has 3 aromatic rings. The fourth-order valence-electron chi connectivity index (χ4n) is 3.59. The normalized spacial score (nSPS) is 13.1. The van der Waals surface area contributed by atoms with Crippen LogP contribution in [-0.2, 0) is 12.7 Å². The minimum atomic E-state index is -4.73. The summed E-state index contributed by atoms with van der Waals surface area (Å²) in [6.07, 6.45) is -4.73. The molecule has 0 saturated heterocycles. The molecular formula is C22H15F3N3O+. The summed E-state index contributed by atoms with van der Waals surface area (Å²) >= 11 is 0. The number of fused-ring (bicyclic) bond motifs is 1. The predicted octanol–water partition coefficient (Wildman–Crippen LogP) is 4.19. The molecule has 0 atom stereocenters. The number of carbonyl (C=O) groups is 1. The van der Waals surface area contributed by atoms with E-state index >= 15 is 0 Å². The number of pyridine rings is 1. The maximum Gasteiger partial charge on any atom is 0.418 e. The van der Waals surface area contributed by atoms with E-state index < -0.39 is 23.2 Å². The number of halogens is 3. The van der Waals surface area contributed by atoms with Gasteiger partial charge in [0.2, 0.25) is 0 Å². The van der Waals surface area contributed by atoms with Gasteiger partial charge in [0.25, 0.3) is 0 Å². The van der Waals surface area contributed by atoms with Crippen LogP contribution in [0.15, 0.2) is 66.7 Å². The van der Waals surface area contributed by atoms with Crippen LogP contribution in [-0.4, -0.2) is 12.5 Å². The molecule has 1 amide bonds. The third-order valence-corrected chi connectivity index (χ3v) is 4.88. The number of nitrogens with zero attached hydrogens (tertiary/aromatic N) is 3. The van der Waals surface area contributed by atoms with Crippen LogP contribution in [0.1, 0.15) is 21.5 Å². The molecule has 7 heteroatoms. The van der Waals surface area contributed by atoms with Crippen molar-refractivity contribution in [2.24, 2.45) is 0 Å². The molecule has 4 nitrogen and oxygen atoms in total. The third kappa shape index (κ3) is 3.23. The number of alkyl halides is 3. The lowest BCUT2D eigenvalue weighted by Crippen LogP contribution is -2.37. The number of carbonyl (C=O) groups excluding carboxylic acids is 1. The van der Waals surface area contributed by atoms with Crippen molar-refractivity contribution in [2.75, 3.05) is 11.4 Å². The van der Waals surface area contributed by atoms with E-state index in [9.17, 15) is 23.2 Å². The van der Waals surface area contributed by atoms with Crippen molar-refractivity contribution in [2.45, 2.75) is 12.7 Å². The second-order valence-corrected chi connectivity index (χ2v) is 6.59. The number of rotatable bonds is 2. The van der Waals surface area contributed by atoms with Gasteiger partial charge in [-0.3, -0.25) is 0 Å². The average Bonchev–Trinajstić information content (AvgIpc) is 3.17. The van der Waals surface area contributed by atoms with Gasteiger partial charge in [0.15, 0.2) is 5.56 Å². The van der Waals surface area contributed by atoms with Crippen molar-refractivity contribution >= 4 is 11.7 Å². The zero-order valence-electron chi connectivity index (χ0n) is 15.1. The van der Waals surface area contributed by atoms with E-state index in [0.717, 1.165) is 6.07 Å². The first-order valence-electron chi connectivity index (χ1n) is 8.92. The molecule has 1 aliphatic rings. The lowest BCUT2D eigenvalue weighted by molar-refractivity contribution is -0.660. The van der Waals surface area contributed by atoms with Gasteiger partial charge < -0.3 is 0 Å². The van der Waals surface area contributed by atoms with Crippen LogP contribution in [0.2, 0.25) is 0 Å². The number of aromatic nitrogens is 1. The Morgan fingerprint density at radius 3 is 2.24 bits per heavy atom. The first-order chi connectivity index (χ1) is 13.9. The monoisotopic (exact) mass is 394 g/mol. The fraction of sp³-hybridized carbons (Fsp3) is 0.136. The molecule has 2 heterocycles. The van der Waals surface area contributed by atoms with E-state index in [1.54, 1.807) is 71.3 Å². The van der Waals surface area contributed by atoms with Crippen LogP contribution in [0.25, 0.3) is 11.3 Å². The maximum atomic E-state index is 13.8. The molecular weight excluding hydrogens is 379 g/mol. The van der Waals surface area contributed by atoms with Crippen molar-refractivity contribution in [3.05, 3.63) is 83.4 Å². The van der Waals surface area contributed by atoms with Gasteiger partial charge in [-0.05, 0) is 18.2 Å². The van der Waals surface area contributed by atoms with E-state index in [4.69, 9.17) is 0 Å². The molecule has 0 aliphatic carbocycles. The zero-order valence-corrected chi connectivity index (χ0v) is 15.1. The number of benzene rings is 2. The van der Waals surface area contributed by atoms with Crippen molar-refractivity contribution in [3.8, 4) is 17.3 Å². The summed E-state index contributed by atoms with van der Waals surface area (Å²) in [5, 5.41) is 9.58. The van der Waals surface area contributed by atoms with Gasteiger partial charge in [0.05, 0.1) is 11.1 Å². The van der Waals surface area contributed by atoms with E-state index in [-0.39, 0.29) is 12.4 Å². The standard InChI is InChI=1S/C22H15F3N3O/c23-22(24,25)18-13-19(15-7-3-1-4-8-15)27-11-12-28(20(27)17(18)14-26)21(29)16-9-5-2-6-10-16/h1-10,13H,11-12H2/q+1. The number of hydrogen-bond donors (Lipinski definition) is 0. The van der Waals surface area contributed by atoms with Crippen LogP contribution in [0.5, 0.6) is 0 Å². The first kappa shape index (κ1) is 18.7. The average molecular weight is 394 g/mol. The number of anilines is 1. The Bertz CT molecular complexity index is 1120. The smallest absolute Gasteiger partial charge is 0.241 e. The molecule has 1 aliphatic heterocycles. The van der Waals surface area contributed by atoms with Gasteiger partial charge >= 0.3 is 17.9 Å². The second-order valence-electron chi connectivity index (χ2n) is 6.59. The largest absolute Gasteiger partial charge is 0.418 e. The highest BCUT2D eigenvalue weighted by molar-refractivity contribution is 6.06.